The van der Waals surface area contributed by atoms with Gasteiger partial charge in [0.1, 0.15) is 0 Å². The third-order valence-electron chi connectivity index (χ3n) is 2.16. The number of carboxylic acid groups (broad SMARTS) is 1. The Bertz CT molecular complexity index is 307. The second kappa shape index (κ2) is 3.24. The molecule has 0 atom stereocenters. The number of hydrogen-bond acceptors (Lipinski definition) is 3. The fourth-order valence-corrected chi connectivity index (χ4v) is 2.39. The highest BCUT2D eigenvalue weighted by atomic mass is 32.2. The van der Waals surface area contributed by atoms with Crippen LogP contribution in [0.3, 0.4) is 0 Å². The number of carbonyl (C=O) groups is 1. The zero-order valence-corrected chi connectivity index (χ0v) is 7.80. The van der Waals surface area contributed by atoms with Crippen LogP contribution in [0, 0.1) is 0 Å². The molecule has 1 rings (SSSR count). The zero-order chi connectivity index (χ0) is 10.1. The lowest BCUT2D eigenvalue weighted by Crippen LogP contribution is -2.56. The van der Waals surface area contributed by atoms with Crippen LogP contribution in [0.25, 0.3) is 0 Å². The van der Waals surface area contributed by atoms with Gasteiger partial charge in [0.05, 0.1) is 6.42 Å². The summed E-state index contributed by atoms with van der Waals surface area (Å²) in [4.78, 5) is 10.4. The highest BCUT2D eigenvalue weighted by Gasteiger charge is 2.41. The van der Waals surface area contributed by atoms with Crippen molar-refractivity contribution in [1.82, 2.24) is 4.72 Å². The fourth-order valence-electron chi connectivity index (χ4n) is 1.51. The van der Waals surface area contributed by atoms with Crippen LogP contribution in [0.1, 0.15) is 25.7 Å². The van der Waals surface area contributed by atoms with E-state index in [1.54, 1.807) is 0 Å². The van der Waals surface area contributed by atoms with Gasteiger partial charge in [-0.25, -0.2) is 5.14 Å². The van der Waals surface area contributed by atoms with Crippen LogP contribution in [0.5, 0.6) is 0 Å². The Morgan fingerprint density at radius 2 is 2.08 bits per heavy atom. The molecule has 0 saturated heterocycles. The van der Waals surface area contributed by atoms with Gasteiger partial charge in [-0.15, -0.1) is 0 Å². The van der Waals surface area contributed by atoms with Crippen LogP contribution in [0.4, 0.5) is 0 Å². The van der Waals surface area contributed by atoms with Crippen LogP contribution >= 0.6 is 0 Å². The van der Waals surface area contributed by atoms with E-state index in [9.17, 15) is 13.2 Å². The maximum absolute atomic E-state index is 10.7. The smallest absolute Gasteiger partial charge is 0.305 e. The minimum atomic E-state index is -3.80. The normalized spacial score (nSPS) is 20.7. The first kappa shape index (κ1) is 10.4. The van der Waals surface area contributed by atoms with Gasteiger partial charge >= 0.3 is 5.97 Å². The first-order valence-corrected chi connectivity index (χ1v) is 5.41. The van der Waals surface area contributed by atoms with Crippen molar-refractivity contribution in [2.75, 3.05) is 0 Å². The molecule has 1 saturated carbocycles. The van der Waals surface area contributed by atoms with Gasteiger partial charge in [-0.3, -0.25) is 4.79 Å². The summed E-state index contributed by atoms with van der Waals surface area (Å²) >= 11 is 0. The van der Waals surface area contributed by atoms with E-state index in [0.717, 1.165) is 6.42 Å². The van der Waals surface area contributed by atoms with E-state index < -0.39 is 21.7 Å². The Morgan fingerprint density at radius 1 is 1.54 bits per heavy atom. The number of nitrogens with one attached hydrogen (secondary N) is 1. The van der Waals surface area contributed by atoms with Gasteiger partial charge in [0.25, 0.3) is 10.2 Å². The van der Waals surface area contributed by atoms with Gasteiger partial charge in [0.15, 0.2) is 0 Å². The largest absolute Gasteiger partial charge is 0.481 e. The molecule has 0 aromatic rings. The molecule has 0 radical (unpaired) electrons. The number of aliphatic carboxylic acids is 1. The van der Waals surface area contributed by atoms with Crippen molar-refractivity contribution in [3.63, 3.8) is 0 Å². The van der Waals surface area contributed by atoms with Gasteiger partial charge in [0, 0.05) is 5.54 Å². The lowest BCUT2D eigenvalue weighted by molar-refractivity contribution is -0.139. The lowest BCUT2D eigenvalue weighted by atomic mass is 9.75. The molecule has 0 aromatic heterocycles. The number of carboxylic acids is 1. The van der Waals surface area contributed by atoms with Gasteiger partial charge in [-0.2, -0.15) is 13.1 Å². The monoisotopic (exact) mass is 208 g/mol. The summed E-state index contributed by atoms with van der Waals surface area (Å²) in [5.74, 6) is -1.02. The summed E-state index contributed by atoms with van der Waals surface area (Å²) in [6.45, 7) is 0. The predicted molar refractivity (Wildman–Crippen MR) is 45.1 cm³/mol. The fraction of sp³-hybridized carbons (Fsp3) is 0.833. The first-order valence-electron chi connectivity index (χ1n) is 3.87. The van der Waals surface area contributed by atoms with Crippen molar-refractivity contribution in [2.45, 2.75) is 31.2 Å². The van der Waals surface area contributed by atoms with Crippen molar-refractivity contribution in [1.29, 1.82) is 0 Å². The van der Waals surface area contributed by atoms with Gasteiger partial charge < -0.3 is 5.11 Å². The molecule has 0 unspecified atom stereocenters. The number of nitrogens with two attached hydrogens (primary N) is 1. The molecule has 13 heavy (non-hydrogen) atoms. The van der Waals surface area contributed by atoms with E-state index in [0.29, 0.717) is 12.8 Å². The number of rotatable bonds is 4. The Kier molecular flexibility index (Phi) is 2.60. The highest BCUT2D eigenvalue weighted by Crippen LogP contribution is 2.35. The van der Waals surface area contributed by atoms with Crippen molar-refractivity contribution in [2.24, 2.45) is 5.14 Å². The second-order valence-electron chi connectivity index (χ2n) is 3.35. The van der Waals surface area contributed by atoms with Crippen molar-refractivity contribution >= 4 is 16.2 Å². The molecule has 1 aliphatic carbocycles. The van der Waals surface area contributed by atoms with Crippen molar-refractivity contribution < 1.29 is 18.3 Å². The topological polar surface area (TPSA) is 109 Å². The number of hydrogen-bond donors (Lipinski definition) is 3. The molecular formula is C6H12N2O4S. The molecule has 0 spiro atoms. The average molecular weight is 208 g/mol. The summed E-state index contributed by atoms with van der Waals surface area (Å²) in [6, 6.07) is 0. The Balaban J connectivity index is 2.65. The molecule has 0 aromatic carbocycles. The molecule has 1 aliphatic rings. The quantitative estimate of drug-likeness (QED) is 0.560. The summed E-state index contributed by atoms with van der Waals surface area (Å²) in [6.07, 6.45) is 1.70. The molecule has 7 heteroatoms. The van der Waals surface area contributed by atoms with Crippen LogP contribution in [0.15, 0.2) is 0 Å². The van der Waals surface area contributed by atoms with Crippen LogP contribution in [-0.4, -0.2) is 25.0 Å². The zero-order valence-electron chi connectivity index (χ0n) is 6.99. The van der Waals surface area contributed by atoms with Crippen molar-refractivity contribution in [3.05, 3.63) is 0 Å². The van der Waals surface area contributed by atoms with Crippen LogP contribution in [-0.2, 0) is 15.0 Å². The minimum Gasteiger partial charge on any atom is -0.481 e. The summed E-state index contributed by atoms with van der Waals surface area (Å²) in [5.41, 5.74) is -0.834. The van der Waals surface area contributed by atoms with E-state index in [-0.39, 0.29) is 6.42 Å². The van der Waals surface area contributed by atoms with Crippen LogP contribution in [0.2, 0.25) is 0 Å². The van der Waals surface area contributed by atoms with Crippen molar-refractivity contribution in [3.8, 4) is 0 Å². The molecule has 6 nitrogen and oxygen atoms in total. The SMILES string of the molecule is NS(=O)(=O)NC1(CC(=O)O)CCC1. The predicted octanol–water partition coefficient (Wildman–Crippen LogP) is -0.823. The van der Waals surface area contributed by atoms with Gasteiger partial charge in [-0.05, 0) is 19.3 Å². The maximum Gasteiger partial charge on any atom is 0.305 e. The maximum atomic E-state index is 10.7. The minimum absolute atomic E-state index is 0.205. The molecular weight excluding hydrogens is 196 g/mol. The summed E-state index contributed by atoms with van der Waals surface area (Å²) in [5, 5.41) is 13.3. The Hall–Kier alpha value is -0.660. The lowest BCUT2D eigenvalue weighted by Gasteiger charge is -2.40. The van der Waals surface area contributed by atoms with Crippen LogP contribution < -0.4 is 9.86 Å². The molecule has 1 fully saturated rings. The average Bonchev–Trinajstić information content (AvgIpc) is 1.78. The Labute approximate surface area is 76.3 Å². The van der Waals surface area contributed by atoms with E-state index in [4.69, 9.17) is 10.2 Å². The standard InChI is InChI=1S/C6H12N2O4S/c7-13(11,12)8-6(2-1-3-6)4-5(9)10/h8H,1-4H2,(H,9,10)(H2,7,11,12). The highest BCUT2D eigenvalue weighted by molar-refractivity contribution is 7.87. The van der Waals surface area contributed by atoms with E-state index in [1.165, 1.54) is 0 Å². The van der Waals surface area contributed by atoms with Gasteiger partial charge in [-0.1, -0.05) is 0 Å². The summed E-state index contributed by atoms with van der Waals surface area (Å²) in [7, 11) is -3.80. The third-order valence-corrected chi connectivity index (χ3v) is 2.88. The van der Waals surface area contributed by atoms with E-state index >= 15 is 0 Å². The molecule has 0 aliphatic heterocycles. The third kappa shape index (κ3) is 2.94. The molecule has 0 bridgehead atoms. The molecule has 4 N–H and O–H groups in total. The molecule has 0 heterocycles. The Morgan fingerprint density at radius 3 is 2.31 bits per heavy atom. The second-order valence-corrected chi connectivity index (χ2v) is 4.65. The van der Waals surface area contributed by atoms with Gasteiger partial charge in [0.2, 0.25) is 0 Å². The van der Waals surface area contributed by atoms with E-state index in [1.807, 2.05) is 0 Å². The molecule has 76 valence electrons. The first-order chi connectivity index (χ1) is 5.83. The van der Waals surface area contributed by atoms with E-state index in [2.05, 4.69) is 4.72 Å². The summed E-state index contributed by atoms with van der Waals surface area (Å²) < 4.78 is 23.6. The molecule has 0 amide bonds.